The molecule has 1 N–H and O–H groups in total. The van der Waals surface area contributed by atoms with Gasteiger partial charge in [0.1, 0.15) is 4.33 Å². The highest BCUT2D eigenvalue weighted by Gasteiger charge is 2.56. The van der Waals surface area contributed by atoms with Gasteiger partial charge < -0.3 is 5.32 Å². The predicted octanol–water partition coefficient (Wildman–Crippen LogP) is 3.41. The number of para-hydroxylation sites is 1. The van der Waals surface area contributed by atoms with Gasteiger partial charge in [-0.1, -0.05) is 18.2 Å². The van der Waals surface area contributed by atoms with Gasteiger partial charge in [0.05, 0.1) is 5.92 Å². The number of carbonyl (C=O) groups is 1. The van der Waals surface area contributed by atoms with Crippen molar-refractivity contribution >= 4 is 34.8 Å². The van der Waals surface area contributed by atoms with Crippen molar-refractivity contribution in [1.29, 1.82) is 0 Å². The normalized spacial score (nSPS) is 24.6. The summed E-state index contributed by atoms with van der Waals surface area (Å²) in [4.78, 5) is 14.5. The molecule has 0 spiro atoms. The van der Waals surface area contributed by atoms with E-state index < -0.39 is 4.33 Å². The van der Waals surface area contributed by atoms with E-state index in [0.29, 0.717) is 6.42 Å². The maximum atomic E-state index is 12.1. The molecule has 20 heavy (non-hydrogen) atoms. The minimum absolute atomic E-state index is 0.0797. The van der Waals surface area contributed by atoms with Crippen molar-refractivity contribution in [3.8, 4) is 0 Å². The molecule has 2 fully saturated rings. The van der Waals surface area contributed by atoms with Crippen molar-refractivity contribution in [3.63, 3.8) is 0 Å². The largest absolute Gasteiger partial charge is 0.325 e. The number of rotatable bonds is 4. The lowest BCUT2D eigenvalue weighted by Gasteiger charge is -2.17. The fourth-order valence-electron chi connectivity index (χ4n) is 2.68. The Morgan fingerprint density at radius 1 is 1.30 bits per heavy atom. The fraction of sp³-hybridized carbons (Fsp3) is 0.533. The second-order valence-corrected chi connectivity index (χ2v) is 7.19. The third-order valence-electron chi connectivity index (χ3n) is 4.01. The molecule has 0 bridgehead atoms. The zero-order chi connectivity index (χ0) is 14.2. The van der Waals surface area contributed by atoms with Crippen LogP contribution in [-0.2, 0) is 11.3 Å². The zero-order valence-corrected chi connectivity index (χ0v) is 12.8. The van der Waals surface area contributed by atoms with Crippen LogP contribution in [-0.4, -0.2) is 28.2 Å². The Morgan fingerprint density at radius 2 is 1.95 bits per heavy atom. The molecule has 1 aliphatic heterocycles. The number of nitrogens with one attached hydrogen (secondary N) is 1. The summed E-state index contributed by atoms with van der Waals surface area (Å²) in [6.45, 7) is 3.16. The zero-order valence-electron chi connectivity index (χ0n) is 11.2. The number of amides is 1. The highest BCUT2D eigenvalue weighted by Crippen LogP contribution is 2.53. The van der Waals surface area contributed by atoms with Crippen LogP contribution in [0.15, 0.2) is 24.3 Å². The van der Waals surface area contributed by atoms with E-state index in [9.17, 15) is 4.79 Å². The monoisotopic (exact) mass is 312 g/mol. The van der Waals surface area contributed by atoms with Gasteiger partial charge in [-0.25, -0.2) is 0 Å². The average molecular weight is 313 g/mol. The Balaban J connectivity index is 1.68. The molecule has 0 radical (unpaired) electrons. The van der Waals surface area contributed by atoms with Crippen LogP contribution in [0.4, 0.5) is 5.69 Å². The first-order chi connectivity index (χ1) is 9.56. The number of hydrogen-bond acceptors (Lipinski definition) is 2. The van der Waals surface area contributed by atoms with Crippen LogP contribution in [0, 0.1) is 5.92 Å². The van der Waals surface area contributed by atoms with Crippen molar-refractivity contribution in [2.75, 3.05) is 18.4 Å². The van der Waals surface area contributed by atoms with Crippen LogP contribution >= 0.6 is 23.2 Å². The lowest BCUT2D eigenvalue weighted by Crippen LogP contribution is -2.21. The first-order valence-corrected chi connectivity index (χ1v) is 7.81. The molecule has 1 aromatic carbocycles. The molecule has 1 aliphatic carbocycles. The molecule has 1 atom stereocenters. The maximum Gasteiger partial charge on any atom is 0.230 e. The number of hydrogen-bond donors (Lipinski definition) is 1. The van der Waals surface area contributed by atoms with E-state index in [0.717, 1.165) is 30.9 Å². The Hall–Kier alpha value is -0.770. The van der Waals surface area contributed by atoms with Gasteiger partial charge in [-0.05, 0) is 44.0 Å². The van der Waals surface area contributed by atoms with Gasteiger partial charge >= 0.3 is 0 Å². The van der Waals surface area contributed by atoms with Gasteiger partial charge in [0.15, 0.2) is 0 Å². The van der Waals surface area contributed by atoms with Gasteiger partial charge in [0.25, 0.3) is 0 Å². The topological polar surface area (TPSA) is 32.3 Å². The van der Waals surface area contributed by atoms with Gasteiger partial charge in [-0.15, -0.1) is 23.2 Å². The first-order valence-electron chi connectivity index (χ1n) is 7.05. The summed E-state index contributed by atoms with van der Waals surface area (Å²) in [5.41, 5.74) is 2.03. The molecule has 1 aromatic rings. The van der Waals surface area contributed by atoms with E-state index in [1.165, 1.54) is 12.8 Å². The minimum Gasteiger partial charge on any atom is -0.325 e. The summed E-state index contributed by atoms with van der Waals surface area (Å²) in [5.74, 6) is -0.366. The Morgan fingerprint density at radius 3 is 2.60 bits per heavy atom. The molecule has 1 saturated heterocycles. The summed E-state index contributed by atoms with van der Waals surface area (Å²) in [5, 5.41) is 2.97. The number of halogens is 2. The van der Waals surface area contributed by atoms with Gasteiger partial charge in [0, 0.05) is 12.2 Å². The summed E-state index contributed by atoms with van der Waals surface area (Å²) >= 11 is 11.9. The summed E-state index contributed by atoms with van der Waals surface area (Å²) < 4.78 is -0.867. The quantitative estimate of drug-likeness (QED) is 0.864. The number of benzene rings is 1. The number of alkyl halides is 2. The average Bonchev–Trinajstić information content (AvgIpc) is 2.83. The van der Waals surface area contributed by atoms with Gasteiger partial charge in [-0.3, -0.25) is 9.69 Å². The second-order valence-electron chi connectivity index (χ2n) is 5.65. The lowest BCUT2D eigenvalue weighted by molar-refractivity contribution is -0.117. The summed E-state index contributed by atoms with van der Waals surface area (Å²) in [6, 6.07) is 7.95. The molecule has 5 heteroatoms. The smallest absolute Gasteiger partial charge is 0.230 e. The van der Waals surface area contributed by atoms with Crippen LogP contribution in [0.25, 0.3) is 0 Å². The molecule has 0 aromatic heterocycles. The number of likely N-dealkylation sites (tertiary alicyclic amines) is 1. The maximum absolute atomic E-state index is 12.1. The Kier molecular flexibility index (Phi) is 3.93. The molecule has 2 aliphatic rings. The van der Waals surface area contributed by atoms with Crippen molar-refractivity contribution in [3.05, 3.63) is 29.8 Å². The lowest BCUT2D eigenvalue weighted by atomic mass is 10.1. The first kappa shape index (κ1) is 14.2. The molecule has 3 nitrogen and oxygen atoms in total. The van der Waals surface area contributed by atoms with E-state index in [2.05, 4.69) is 16.3 Å². The highest BCUT2D eigenvalue weighted by molar-refractivity contribution is 6.52. The van der Waals surface area contributed by atoms with Crippen molar-refractivity contribution in [1.82, 2.24) is 4.90 Å². The second kappa shape index (κ2) is 5.55. The summed E-state index contributed by atoms with van der Waals surface area (Å²) in [6.07, 6.45) is 3.06. The molecule has 108 valence electrons. The van der Waals surface area contributed by atoms with E-state index >= 15 is 0 Å². The predicted molar refractivity (Wildman–Crippen MR) is 82.1 cm³/mol. The highest BCUT2D eigenvalue weighted by atomic mass is 35.5. The van der Waals surface area contributed by atoms with Crippen LogP contribution in [0.2, 0.25) is 0 Å². The minimum atomic E-state index is -0.867. The van der Waals surface area contributed by atoms with Crippen LogP contribution in [0.3, 0.4) is 0 Å². The number of anilines is 1. The van der Waals surface area contributed by atoms with Gasteiger partial charge in [0.2, 0.25) is 5.91 Å². The fourth-order valence-corrected chi connectivity index (χ4v) is 3.19. The van der Waals surface area contributed by atoms with E-state index in [-0.39, 0.29) is 11.8 Å². The third kappa shape index (κ3) is 3.11. The molecule has 1 unspecified atom stereocenters. The van der Waals surface area contributed by atoms with E-state index in [1.807, 2.05) is 18.2 Å². The molecular weight excluding hydrogens is 295 g/mol. The third-order valence-corrected chi connectivity index (χ3v) is 4.85. The van der Waals surface area contributed by atoms with E-state index in [4.69, 9.17) is 23.2 Å². The Bertz CT molecular complexity index is 512. The van der Waals surface area contributed by atoms with Crippen molar-refractivity contribution in [2.24, 2.45) is 5.92 Å². The van der Waals surface area contributed by atoms with Crippen molar-refractivity contribution < 1.29 is 4.79 Å². The Labute approximate surface area is 129 Å². The molecule has 1 saturated carbocycles. The number of nitrogens with zero attached hydrogens (tertiary/aromatic N) is 1. The molecule has 1 amide bonds. The molecule has 3 rings (SSSR count). The van der Waals surface area contributed by atoms with Crippen molar-refractivity contribution in [2.45, 2.75) is 30.1 Å². The number of carbonyl (C=O) groups excluding carboxylic acids is 1. The van der Waals surface area contributed by atoms with Gasteiger partial charge in [-0.2, -0.15) is 0 Å². The molecule has 1 heterocycles. The molecular formula is C15H18Cl2N2O. The van der Waals surface area contributed by atoms with Crippen LogP contribution < -0.4 is 5.32 Å². The SMILES string of the molecule is O=C(Nc1ccccc1CN1CCCC1)C1CC1(Cl)Cl. The van der Waals surface area contributed by atoms with Crippen LogP contribution in [0.5, 0.6) is 0 Å². The van der Waals surface area contributed by atoms with E-state index in [1.54, 1.807) is 0 Å². The van der Waals surface area contributed by atoms with Crippen LogP contribution in [0.1, 0.15) is 24.8 Å². The summed E-state index contributed by atoms with van der Waals surface area (Å²) in [7, 11) is 0. The standard InChI is InChI=1S/C15H18Cl2N2O/c16-15(17)9-12(15)14(20)18-13-6-2-1-5-11(13)10-19-7-3-4-8-19/h1-2,5-6,12H,3-4,7-10H2,(H,18,20).